The minimum Gasteiger partial charge on any atom is -0.485 e. The number of H-pyrrole nitrogens is 1. The largest absolute Gasteiger partial charge is 0.485 e. The van der Waals surface area contributed by atoms with E-state index in [1.807, 2.05) is 19.0 Å². The summed E-state index contributed by atoms with van der Waals surface area (Å²) in [6, 6.07) is 2.60. The highest BCUT2D eigenvalue weighted by Gasteiger charge is 2.18. The van der Waals surface area contributed by atoms with Crippen LogP contribution in [0.25, 0.3) is 10.9 Å². The molecule has 0 aliphatic heterocycles. The average molecular weight is 278 g/mol. The summed E-state index contributed by atoms with van der Waals surface area (Å²) in [6.07, 6.45) is 1.25. The number of ether oxygens (including phenoxy) is 1. The first kappa shape index (κ1) is 13.9. The van der Waals surface area contributed by atoms with Crippen LogP contribution in [0.5, 0.6) is 5.75 Å². The second-order valence-corrected chi connectivity index (χ2v) is 4.48. The molecule has 106 valence electrons. The van der Waals surface area contributed by atoms with Crippen LogP contribution in [0.4, 0.5) is 5.69 Å². The molecule has 1 aromatic carbocycles. The average Bonchev–Trinajstić information content (AvgIpc) is 2.37. The highest BCUT2D eigenvalue weighted by molar-refractivity contribution is 5.82. The molecule has 0 fully saturated rings. The SMILES string of the molecule is CN(C)CCOc1cc2nc[nH]c(=O)c2cc1[N+](=O)[O-]. The van der Waals surface area contributed by atoms with Crippen molar-refractivity contribution in [2.45, 2.75) is 0 Å². The Morgan fingerprint density at radius 2 is 2.20 bits per heavy atom. The Bertz CT molecular complexity index is 695. The van der Waals surface area contributed by atoms with Gasteiger partial charge in [-0.05, 0) is 14.1 Å². The molecule has 0 bridgehead atoms. The Labute approximate surface area is 114 Å². The van der Waals surface area contributed by atoms with Crippen LogP contribution in [0.1, 0.15) is 0 Å². The standard InChI is InChI=1S/C12H14N4O4/c1-15(2)3-4-20-11-6-9-8(5-10(11)16(18)19)12(17)14-7-13-9/h5-7H,3-4H2,1-2H3,(H,13,14,17). The lowest BCUT2D eigenvalue weighted by atomic mass is 10.2. The van der Waals surface area contributed by atoms with Gasteiger partial charge in [0.1, 0.15) is 6.61 Å². The molecule has 0 amide bonds. The Kier molecular flexibility index (Phi) is 3.94. The molecular formula is C12H14N4O4. The minimum absolute atomic E-state index is 0.113. The van der Waals surface area contributed by atoms with E-state index < -0.39 is 10.5 Å². The lowest BCUT2D eigenvalue weighted by molar-refractivity contribution is -0.385. The van der Waals surface area contributed by atoms with Gasteiger partial charge in [0.15, 0.2) is 5.75 Å². The Balaban J connectivity index is 2.44. The first-order valence-corrected chi connectivity index (χ1v) is 5.92. The summed E-state index contributed by atoms with van der Waals surface area (Å²) < 4.78 is 5.42. The van der Waals surface area contributed by atoms with Crippen LogP contribution in [0.2, 0.25) is 0 Å². The van der Waals surface area contributed by atoms with Crippen LogP contribution < -0.4 is 10.3 Å². The first-order chi connectivity index (χ1) is 9.49. The van der Waals surface area contributed by atoms with Crippen LogP contribution in [0.3, 0.4) is 0 Å². The highest BCUT2D eigenvalue weighted by Crippen LogP contribution is 2.29. The number of nitro groups is 1. The van der Waals surface area contributed by atoms with Crippen molar-refractivity contribution < 1.29 is 9.66 Å². The van der Waals surface area contributed by atoms with Crippen molar-refractivity contribution in [3.8, 4) is 5.75 Å². The number of fused-ring (bicyclic) bond motifs is 1. The summed E-state index contributed by atoms with van der Waals surface area (Å²) in [5.74, 6) is 0.113. The van der Waals surface area contributed by atoms with E-state index in [4.69, 9.17) is 4.74 Å². The number of hydrogen-bond donors (Lipinski definition) is 1. The van der Waals surface area contributed by atoms with Crippen molar-refractivity contribution in [3.05, 3.63) is 38.9 Å². The molecule has 0 atom stereocenters. The quantitative estimate of drug-likeness (QED) is 0.640. The van der Waals surface area contributed by atoms with E-state index >= 15 is 0 Å². The molecule has 2 rings (SSSR count). The number of aromatic nitrogens is 2. The molecule has 0 aliphatic carbocycles. The van der Waals surface area contributed by atoms with Crippen LogP contribution in [-0.2, 0) is 0 Å². The summed E-state index contributed by atoms with van der Waals surface area (Å²) >= 11 is 0. The van der Waals surface area contributed by atoms with Gasteiger partial charge in [0.2, 0.25) is 0 Å². The van der Waals surface area contributed by atoms with Gasteiger partial charge in [0, 0.05) is 18.7 Å². The molecule has 8 heteroatoms. The van der Waals surface area contributed by atoms with E-state index in [0.29, 0.717) is 18.7 Å². The second kappa shape index (κ2) is 5.66. The topological polar surface area (TPSA) is 101 Å². The Morgan fingerprint density at radius 1 is 1.45 bits per heavy atom. The lowest BCUT2D eigenvalue weighted by Crippen LogP contribution is -2.19. The van der Waals surface area contributed by atoms with E-state index in [2.05, 4.69) is 9.97 Å². The second-order valence-electron chi connectivity index (χ2n) is 4.48. The van der Waals surface area contributed by atoms with Gasteiger partial charge in [0.05, 0.1) is 22.2 Å². The summed E-state index contributed by atoms with van der Waals surface area (Å²) in [5.41, 5.74) is -0.299. The maximum Gasteiger partial charge on any atom is 0.311 e. The number of nitrogens with one attached hydrogen (secondary N) is 1. The van der Waals surface area contributed by atoms with Crippen LogP contribution in [0, 0.1) is 10.1 Å². The maximum absolute atomic E-state index is 11.6. The normalized spacial score (nSPS) is 10.9. The van der Waals surface area contributed by atoms with Gasteiger partial charge in [0.25, 0.3) is 5.56 Å². The number of benzene rings is 1. The van der Waals surface area contributed by atoms with E-state index in [1.165, 1.54) is 18.5 Å². The molecule has 1 heterocycles. The fourth-order valence-corrected chi connectivity index (χ4v) is 1.68. The predicted octanol–water partition coefficient (Wildman–Crippen LogP) is 0.772. The number of nitrogens with zero attached hydrogens (tertiary/aromatic N) is 3. The monoisotopic (exact) mass is 278 g/mol. The first-order valence-electron chi connectivity index (χ1n) is 5.92. The van der Waals surface area contributed by atoms with Gasteiger partial charge in [-0.3, -0.25) is 14.9 Å². The molecule has 2 aromatic rings. The van der Waals surface area contributed by atoms with Crippen molar-refractivity contribution in [2.24, 2.45) is 0 Å². The van der Waals surface area contributed by atoms with Crippen molar-refractivity contribution in [1.82, 2.24) is 14.9 Å². The number of rotatable bonds is 5. The fraction of sp³-hybridized carbons (Fsp3) is 0.333. The molecule has 0 unspecified atom stereocenters. The molecular weight excluding hydrogens is 264 g/mol. The van der Waals surface area contributed by atoms with Crippen molar-refractivity contribution in [3.63, 3.8) is 0 Å². The fourth-order valence-electron chi connectivity index (χ4n) is 1.68. The molecule has 1 aromatic heterocycles. The molecule has 0 aliphatic rings. The lowest BCUT2D eigenvalue weighted by Gasteiger charge is -2.11. The van der Waals surface area contributed by atoms with E-state index in [1.54, 1.807) is 0 Å². The van der Waals surface area contributed by atoms with Gasteiger partial charge >= 0.3 is 5.69 Å². The number of likely N-dealkylation sites (N-methyl/N-ethyl adjacent to an activating group) is 1. The molecule has 0 saturated heterocycles. The van der Waals surface area contributed by atoms with E-state index in [9.17, 15) is 14.9 Å². The third kappa shape index (κ3) is 2.91. The molecule has 20 heavy (non-hydrogen) atoms. The summed E-state index contributed by atoms with van der Waals surface area (Å²) in [4.78, 5) is 30.3. The van der Waals surface area contributed by atoms with E-state index in [0.717, 1.165) is 0 Å². The third-order valence-electron chi connectivity index (χ3n) is 2.71. The zero-order valence-corrected chi connectivity index (χ0v) is 11.1. The van der Waals surface area contributed by atoms with Gasteiger partial charge in [-0.25, -0.2) is 4.98 Å². The smallest absolute Gasteiger partial charge is 0.311 e. The van der Waals surface area contributed by atoms with Crippen molar-refractivity contribution in [2.75, 3.05) is 27.2 Å². The van der Waals surface area contributed by atoms with E-state index in [-0.39, 0.29) is 16.8 Å². The van der Waals surface area contributed by atoms with Crippen LogP contribution >= 0.6 is 0 Å². The number of nitro benzene ring substituents is 1. The van der Waals surface area contributed by atoms with Gasteiger partial charge in [-0.1, -0.05) is 0 Å². The highest BCUT2D eigenvalue weighted by atomic mass is 16.6. The van der Waals surface area contributed by atoms with Crippen LogP contribution in [0.15, 0.2) is 23.3 Å². The molecule has 1 N–H and O–H groups in total. The van der Waals surface area contributed by atoms with Gasteiger partial charge in [-0.2, -0.15) is 0 Å². The minimum atomic E-state index is -0.573. The van der Waals surface area contributed by atoms with Crippen molar-refractivity contribution in [1.29, 1.82) is 0 Å². The zero-order valence-electron chi connectivity index (χ0n) is 11.1. The summed E-state index contributed by atoms with van der Waals surface area (Å²) in [5, 5.41) is 11.2. The van der Waals surface area contributed by atoms with Crippen LogP contribution in [-0.4, -0.2) is 47.0 Å². The Morgan fingerprint density at radius 3 is 2.85 bits per heavy atom. The zero-order chi connectivity index (χ0) is 14.7. The Hall–Kier alpha value is -2.48. The molecule has 8 nitrogen and oxygen atoms in total. The molecule has 0 spiro atoms. The number of hydrogen-bond acceptors (Lipinski definition) is 6. The van der Waals surface area contributed by atoms with Crippen molar-refractivity contribution >= 4 is 16.6 Å². The maximum atomic E-state index is 11.6. The summed E-state index contributed by atoms with van der Waals surface area (Å²) in [6.45, 7) is 0.931. The third-order valence-corrected chi connectivity index (χ3v) is 2.71. The van der Waals surface area contributed by atoms with Gasteiger partial charge < -0.3 is 14.6 Å². The molecule has 0 saturated carbocycles. The number of aromatic amines is 1. The predicted molar refractivity (Wildman–Crippen MR) is 73.1 cm³/mol. The summed E-state index contributed by atoms with van der Waals surface area (Å²) in [7, 11) is 3.75. The molecule has 0 radical (unpaired) electrons. The van der Waals surface area contributed by atoms with Gasteiger partial charge in [-0.15, -0.1) is 0 Å².